The molecular formula is C19H12BrN3O6. The number of nitro groups is 1. The van der Waals surface area contributed by atoms with Gasteiger partial charge >= 0.3 is 0 Å². The van der Waals surface area contributed by atoms with Crippen LogP contribution in [0.2, 0.25) is 0 Å². The van der Waals surface area contributed by atoms with Crippen LogP contribution in [0.15, 0.2) is 62.5 Å². The number of benzene rings is 2. The van der Waals surface area contributed by atoms with Crippen LogP contribution in [0.1, 0.15) is 16.1 Å². The molecule has 2 heterocycles. The van der Waals surface area contributed by atoms with Gasteiger partial charge in [0, 0.05) is 16.1 Å². The Morgan fingerprint density at radius 3 is 2.79 bits per heavy atom. The summed E-state index contributed by atoms with van der Waals surface area (Å²) in [5.74, 6) is 1.27. The molecule has 9 nitrogen and oxygen atoms in total. The molecule has 1 aliphatic rings. The molecule has 0 atom stereocenters. The molecule has 146 valence electrons. The van der Waals surface area contributed by atoms with E-state index in [-0.39, 0.29) is 12.5 Å². The highest BCUT2D eigenvalue weighted by Crippen LogP contribution is 2.33. The summed E-state index contributed by atoms with van der Waals surface area (Å²) >= 11 is 3.21. The summed E-state index contributed by atoms with van der Waals surface area (Å²) in [5.41, 5.74) is 2.99. The van der Waals surface area contributed by atoms with E-state index in [1.54, 1.807) is 42.5 Å². The van der Waals surface area contributed by atoms with Gasteiger partial charge in [-0.15, -0.1) is 0 Å². The lowest BCUT2D eigenvalue weighted by Gasteiger charge is -2.01. The Bertz CT molecular complexity index is 1140. The van der Waals surface area contributed by atoms with Crippen LogP contribution in [0.4, 0.5) is 5.69 Å². The maximum absolute atomic E-state index is 12.2. The first-order valence-electron chi connectivity index (χ1n) is 8.28. The molecule has 0 bridgehead atoms. The fourth-order valence-corrected chi connectivity index (χ4v) is 3.04. The highest BCUT2D eigenvalue weighted by molar-refractivity contribution is 9.10. The fraction of sp³-hybridized carbons (Fsp3) is 0.0526. The van der Waals surface area contributed by atoms with Crippen LogP contribution in [0, 0.1) is 10.1 Å². The second kappa shape index (κ2) is 7.76. The molecule has 2 aromatic carbocycles. The van der Waals surface area contributed by atoms with Crippen molar-refractivity contribution in [1.82, 2.24) is 5.43 Å². The predicted molar refractivity (Wildman–Crippen MR) is 106 cm³/mol. The number of nitrogens with one attached hydrogen (secondary N) is 1. The molecule has 29 heavy (non-hydrogen) atoms. The van der Waals surface area contributed by atoms with E-state index in [1.165, 1.54) is 12.3 Å². The molecule has 1 amide bonds. The maximum atomic E-state index is 12.2. The quantitative estimate of drug-likeness (QED) is 0.350. The third-order valence-corrected chi connectivity index (χ3v) is 4.53. The number of hydrogen-bond donors (Lipinski definition) is 1. The van der Waals surface area contributed by atoms with Gasteiger partial charge in [-0.05, 0) is 42.5 Å². The van der Waals surface area contributed by atoms with Crippen molar-refractivity contribution < 1.29 is 23.6 Å². The standard InChI is InChI=1S/C19H12BrN3O6/c20-12-2-4-14(15(8-12)23(25)26)16-6-3-13(29-16)9-21-22-19(24)11-1-5-17-18(7-11)28-10-27-17/h1-9H,10H2,(H,22,24)/b21-9+. The van der Waals surface area contributed by atoms with Gasteiger partial charge in [-0.3, -0.25) is 14.9 Å². The van der Waals surface area contributed by atoms with E-state index in [0.717, 1.165) is 0 Å². The van der Waals surface area contributed by atoms with Gasteiger partial charge in [0.2, 0.25) is 6.79 Å². The fourth-order valence-electron chi connectivity index (χ4n) is 2.69. The number of ether oxygens (including phenoxy) is 2. The summed E-state index contributed by atoms with van der Waals surface area (Å²) in [6, 6.07) is 12.7. The van der Waals surface area contributed by atoms with Crippen LogP contribution in [-0.2, 0) is 0 Å². The van der Waals surface area contributed by atoms with E-state index in [2.05, 4.69) is 26.5 Å². The summed E-state index contributed by atoms with van der Waals surface area (Å²) in [7, 11) is 0. The van der Waals surface area contributed by atoms with Gasteiger partial charge in [-0.2, -0.15) is 5.10 Å². The second-order valence-corrected chi connectivity index (χ2v) is 6.80. The zero-order valence-electron chi connectivity index (χ0n) is 14.6. The number of furan rings is 1. The minimum absolute atomic E-state index is 0.0895. The zero-order valence-corrected chi connectivity index (χ0v) is 16.2. The molecule has 10 heteroatoms. The molecule has 0 spiro atoms. The summed E-state index contributed by atoms with van der Waals surface area (Å²) in [5, 5.41) is 15.1. The van der Waals surface area contributed by atoms with Crippen LogP contribution < -0.4 is 14.9 Å². The molecule has 1 aliphatic heterocycles. The molecule has 0 radical (unpaired) electrons. The summed E-state index contributed by atoms with van der Waals surface area (Å²) in [4.78, 5) is 23.0. The van der Waals surface area contributed by atoms with E-state index < -0.39 is 10.8 Å². The van der Waals surface area contributed by atoms with Crippen LogP contribution >= 0.6 is 15.9 Å². The summed E-state index contributed by atoms with van der Waals surface area (Å²) < 4.78 is 16.6. The normalized spacial score (nSPS) is 12.3. The van der Waals surface area contributed by atoms with Gasteiger partial charge in [0.15, 0.2) is 11.5 Å². The number of hydrogen-bond acceptors (Lipinski definition) is 7. The number of amides is 1. The molecule has 0 aliphatic carbocycles. The number of rotatable bonds is 5. The average molecular weight is 458 g/mol. The number of nitrogens with zero attached hydrogens (tertiary/aromatic N) is 2. The second-order valence-electron chi connectivity index (χ2n) is 5.89. The lowest BCUT2D eigenvalue weighted by Crippen LogP contribution is -2.17. The number of carbonyl (C=O) groups is 1. The van der Waals surface area contributed by atoms with Crippen molar-refractivity contribution in [1.29, 1.82) is 0 Å². The first-order chi connectivity index (χ1) is 14.0. The number of nitro benzene ring substituents is 1. The van der Waals surface area contributed by atoms with Crippen LogP contribution in [-0.4, -0.2) is 23.8 Å². The summed E-state index contributed by atoms with van der Waals surface area (Å²) in [6.45, 7) is 0.121. The molecule has 1 N–H and O–H groups in total. The van der Waals surface area contributed by atoms with Gasteiger partial charge in [-0.25, -0.2) is 5.43 Å². The highest BCUT2D eigenvalue weighted by atomic mass is 79.9. The van der Waals surface area contributed by atoms with E-state index in [9.17, 15) is 14.9 Å². The molecule has 0 fully saturated rings. The van der Waals surface area contributed by atoms with Crippen molar-refractivity contribution in [3.8, 4) is 22.8 Å². The molecular weight excluding hydrogens is 446 g/mol. The van der Waals surface area contributed by atoms with Gasteiger partial charge in [-0.1, -0.05) is 15.9 Å². The number of fused-ring (bicyclic) bond motifs is 1. The largest absolute Gasteiger partial charge is 0.455 e. The third-order valence-electron chi connectivity index (χ3n) is 4.04. The minimum atomic E-state index is -0.484. The Morgan fingerprint density at radius 1 is 1.14 bits per heavy atom. The predicted octanol–water partition coefficient (Wildman–Crippen LogP) is 4.11. The molecule has 0 unspecified atom stereocenters. The first kappa shape index (κ1) is 18.7. The Labute approximate surface area is 172 Å². The van der Waals surface area contributed by atoms with E-state index >= 15 is 0 Å². The van der Waals surface area contributed by atoms with Crippen molar-refractivity contribution in [2.45, 2.75) is 0 Å². The molecule has 1 aromatic heterocycles. The maximum Gasteiger partial charge on any atom is 0.281 e. The molecule has 3 aromatic rings. The Hall–Kier alpha value is -3.66. The van der Waals surface area contributed by atoms with Crippen LogP contribution in [0.5, 0.6) is 11.5 Å². The molecule has 0 saturated carbocycles. The minimum Gasteiger partial charge on any atom is -0.455 e. The highest BCUT2D eigenvalue weighted by Gasteiger charge is 2.19. The Kier molecular flexibility index (Phi) is 5.00. The number of hydrazone groups is 1. The topological polar surface area (TPSA) is 116 Å². The average Bonchev–Trinajstić information content (AvgIpc) is 3.36. The molecule has 0 saturated heterocycles. The lowest BCUT2D eigenvalue weighted by molar-refractivity contribution is -0.384. The van der Waals surface area contributed by atoms with Gasteiger partial charge in [0.05, 0.1) is 16.7 Å². The van der Waals surface area contributed by atoms with Gasteiger partial charge in [0.25, 0.3) is 11.6 Å². The first-order valence-corrected chi connectivity index (χ1v) is 9.08. The third kappa shape index (κ3) is 3.97. The van der Waals surface area contributed by atoms with Crippen LogP contribution in [0.3, 0.4) is 0 Å². The number of carbonyl (C=O) groups excluding carboxylic acids is 1. The van der Waals surface area contributed by atoms with E-state index in [4.69, 9.17) is 13.9 Å². The zero-order chi connectivity index (χ0) is 20.4. The Morgan fingerprint density at radius 2 is 1.97 bits per heavy atom. The summed E-state index contributed by atoms with van der Waals surface area (Å²) in [6.07, 6.45) is 1.30. The van der Waals surface area contributed by atoms with Gasteiger partial charge < -0.3 is 13.9 Å². The van der Waals surface area contributed by atoms with Gasteiger partial charge in [0.1, 0.15) is 11.5 Å². The lowest BCUT2D eigenvalue weighted by atomic mass is 10.1. The van der Waals surface area contributed by atoms with Crippen LogP contribution in [0.25, 0.3) is 11.3 Å². The van der Waals surface area contributed by atoms with E-state index in [1.807, 2.05) is 0 Å². The van der Waals surface area contributed by atoms with Crippen molar-refractivity contribution >= 4 is 33.7 Å². The van der Waals surface area contributed by atoms with E-state index in [0.29, 0.717) is 38.6 Å². The monoisotopic (exact) mass is 457 g/mol. The smallest absolute Gasteiger partial charge is 0.281 e. The van der Waals surface area contributed by atoms with Crippen molar-refractivity contribution in [2.75, 3.05) is 6.79 Å². The van der Waals surface area contributed by atoms with Crippen molar-refractivity contribution in [3.63, 3.8) is 0 Å². The van der Waals surface area contributed by atoms with Crippen molar-refractivity contribution in [2.24, 2.45) is 5.10 Å². The SMILES string of the molecule is O=C(N/N=C/c1ccc(-c2ccc(Br)cc2[N+](=O)[O-])o1)c1ccc2c(c1)OCO2. The van der Waals surface area contributed by atoms with Crippen molar-refractivity contribution in [3.05, 3.63) is 74.4 Å². The Balaban J connectivity index is 1.46. The number of halogens is 1. The molecule has 4 rings (SSSR count).